The average molecular weight is 270 g/mol. The maximum atomic E-state index is 2.78. The van der Waals surface area contributed by atoms with Crippen molar-refractivity contribution in [3.63, 3.8) is 0 Å². The Labute approximate surface area is 123 Å². The lowest BCUT2D eigenvalue weighted by Crippen LogP contribution is -2.37. The highest BCUT2D eigenvalue weighted by molar-refractivity contribution is 4.71. The van der Waals surface area contributed by atoms with E-state index in [1.165, 1.54) is 58.2 Å². The van der Waals surface area contributed by atoms with E-state index >= 15 is 0 Å². The van der Waals surface area contributed by atoms with Gasteiger partial charge in [0.1, 0.15) is 0 Å². The van der Waals surface area contributed by atoms with Crippen molar-refractivity contribution in [2.45, 2.75) is 80.1 Å². The SMILES string of the molecule is CCC(CC)CN(CC(CC)CC)CC(CC)CC. The van der Waals surface area contributed by atoms with E-state index in [1.807, 2.05) is 0 Å². The third-order valence-corrected chi connectivity index (χ3v) is 5.01. The molecule has 0 aliphatic carbocycles. The van der Waals surface area contributed by atoms with Crippen molar-refractivity contribution in [3.05, 3.63) is 0 Å². The third-order valence-electron chi connectivity index (χ3n) is 5.01. The summed E-state index contributed by atoms with van der Waals surface area (Å²) in [5.74, 6) is 2.68. The van der Waals surface area contributed by atoms with Gasteiger partial charge in [-0.05, 0) is 17.8 Å². The molecular weight excluding hydrogens is 230 g/mol. The van der Waals surface area contributed by atoms with Gasteiger partial charge in [0.25, 0.3) is 0 Å². The number of hydrogen-bond acceptors (Lipinski definition) is 1. The molecule has 0 bridgehead atoms. The van der Waals surface area contributed by atoms with Crippen LogP contribution in [0.3, 0.4) is 0 Å². The Morgan fingerprint density at radius 3 is 0.842 bits per heavy atom. The quantitative estimate of drug-likeness (QED) is 0.446. The maximum absolute atomic E-state index is 2.78. The van der Waals surface area contributed by atoms with Gasteiger partial charge in [-0.3, -0.25) is 0 Å². The maximum Gasteiger partial charge on any atom is 0.000968 e. The molecule has 0 fully saturated rings. The second-order valence-corrected chi connectivity index (χ2v) is 6.27. The van der Waals surface area contributed by atoms with Gasteiger partial charge in [0.15, 0.2) is 0 Å². The van der Waals surface area contributed by atoms with E-state index in [4.69, 9.17) is 0 Å². The van der Waals surface area contributed by atoms with Crippen molar-refractivity contribution in [2.75, 3.05) is 19.6 Å². The summed E-state index contributed by atoms with van der Waals surface area (Å²) < 4.78 is 0. The van der Waals surface area contributed by atoms with Crippen molar-refractivity contribution >= 4 is 0 Å². The van der Waals surface area contributed by atoms with E-state index in [1.54, 1.807) is 0 Å². The first kappa shape index (κ1) is 19.0. The molecule has 0 radical (unpaired) electrons. The lowest BCUT2D eigenvalue weighted by atomic mass is 9.96. The molecule has 0 aromatic heterocycles. The van der Waals surface area contributed by atoms with Crippen LogP contribution < -0.4 is 0 Å². The molecule has 116 valence electrons. The van der Waals surface area contributed by atoms with Gasteiger partial charge in [-0.25, -0.2) is 0 Å². The van der Waals surface area contributed by atoms with Gasteiger partial charge in [-0.2, -0.15) is 0 Å². The third kappa shape index (κ3) is 7.97. The zero-order valence-corrected chi connectivity index (χ0v) is 14.5. The highest BCUT2D eigenvalue weighted by atomic mass is 15.1. The Balaban J connectivity index is 4.51. The minimum absolute atomic E-state index is 0.892. The monoisotopic (exact) mass is 269 g/mol. The Kier molecular flexibility index (Phi) is 11.7. The lowest BCUT2D eigenvalue weighted by Gasteiger charge is -2.32. The molecule has 0 aliphatic rings. The summed E-state index contributed by atoms with van der Waals surface area (Å²) in [5, 5.41) is 0. The van der Waals surface area contributed by atoms with Crippen LogP contribution in [0.2, 0.25) is 0 Å². The molecular formula is C18H39N. The Morgan fingerprint density at radius 2 is 0.684 bits per heavy atom. The van der Waals surface area contributed by atoms with Crippen molar-refractivity contribution in [1.82, 2.24) is 4.90 Å². The summed E-state index contributed by atoms with van der Waals surface area (Å²) >= 11 is 0. The summed E-state index contributed by atoms with van der Waals surface area (Å²) in [6, 6.07) is 0. The molecule has 0 spiro atoms. The Hall–Kier alpha value is -0.0400. The van der Waals surface area contributed by atoms with Crippen LogP contribution in [0, 0.1) is 17.8 Å². The molecule has 0 atom stereocenters. The predicted molar refractivity (Wildman–Crippen MR) is 88.7 cm³/mol. The largest absolute Gasteiger partial charge is 0.303 e. The molecule has 0 aromatic carbocycles. The van der Waals surface area contributed by atoms with Crippen LogP contribution in [-0.2, 0) is 0 Å². The van der Waals surface area contributed by atoms with E-state index in [0.717, 1.165) is 17.8 Å². The fraction of sp³-hybridized carbons (Fsp3) is 1.00. The van der Waals surface area contributed by atoms with E-state index in [2.05, 4.69) is 46.4 Å². The number of rotatable bonds is 12. The normalized spacial score (nSPS) is 12.3. The number of hydrogen-bond donors (Lipinski definition) is 0. The summed E-state index contributed by atoms with van der Waals surface area (Å²) in [6.07, 6.45) is 7.99. The van der Waals surface area contributed by atoms with E-state index in [-0.39, 0.29) is 0 Å². The first-order valence-corrected chi connectivity index (χ1v) is 8.87. The Morgan fingerprint density at radius 1 is 0.474 bits per heavy atom. The summed E-state index contributed by atoms with van der Waals surface area (Å²) in [7, 11) is 0. The topological polar surface area (TPSA) is 3.24 Å². The summed E-state index contributed by atoms with van der Waals surface area (Å²) in [4.78, 5) is 2.78. The van der Waals surface area contributed by atoms with Gasteiger partial charge in [0.2, 0.25) is 0 Å². The fourth-order valence-corrected chi connectivity index (χ4v) is 2.96. The van der Waals surface area contributed by atoms with Crippen LogP contribution in [0.4, 0.5) is 0 Å². The van der Waals surface area contributed by atoms with Crippen molar-refractivity contribution < 1.29 is 0 Å². The van der Waals surface area contributed by atoms with Gasteiger partial charge in [0.05, 0.1) is 0 Å². The standard InChI is InChI=1S/C18H39N/c1-7-16(8-2)13-19(14-17(9-3)10-4)15-18(11-5)12-6/h16-18H,7-15H2,1-6H3. The van der Waals surface area contributed by atoms with Crippen LogP contribution in [0.15, 0.2) is 0 Å². The second-order valence-electron chi connectivity index (χ2n) is 6.27. The Bertz CT molecular complexity index is 145. The van der Waals surface area contributed by atoms with Gasteiger partial charge in [0, 0.05) is 19.6 Å². The number of nitrogens with zero attached hydrogens (tertiary/aromatic N) is 1. The molecule has 0 saturated heterocycles. The molecule has 1 heteroatoms. The van der Waals surface area contributed by atoms with Crippen molar-refractivity contribution in [3.8, 4) is 0 Å². The van der Waals surface area contributed by atoms with E-state index in [0.29, 0.717) is 0 Å². The minimum atomic E-state index is 0.892. The van der Waals surface area contributed by atoms with Crippen LogP contribution >= 0.6 is 0 Å². The summed E-state index contributed by atoms with van der Waals surface area (Å²) in [5.41, 5.74) is 0. The van der Waals surface area contributed by atoms with Crippen LogP contribution in [-0.4, -0.2) is 24.5 Å². The highest BCUT2D eigenvalue weighted by Gasteiger charge is 2.17. The van der Waals surface area contributed by atoms with Crippen LogP contribution in [0.1, 0.15) is 80.1 Å². The first-order chi connectivity index (χ1) is 9.14. The molecule has 1 nitrogen and oxygen atoms in total. The molecule has 0 heterocycles. The lowest BCUT2D eigenvalue weighted by molar-refractivity contribution is 0.159. The average Bonchev–Trinajstić information content (AvgIpc) is 2.46. The van der Waals surface area contributed by atoms with Crippen molar-refractivity contribution in [2.24, 2.45) is 17.8 Å². The van der Waals surface area contributed by atoms with E-state index in [9.17, 15) is 0 Å². The predicted octanol–water partition coefficient (Wildman–Crippen LogP) is 5.60. The first-order valence-electron chi connectivity index (χ1n) is 8.87. The molecule has 0 N–H and O–H groups in total. The molecule has 0 aliphatic heterocycles. The molecule has 0 saturated carbocycles. The molecule has 0 unspecified atom stereocenters. The van der Waals surface area contributed by atoms with Crippen LogP contribution in [0.25, 0.3) is 0 Å². The zero-order chi connectivity index (χ0) is 14.7. The second kappa shape index (κ2) is 11.8. The van der Waals surface area contributed by atoms with Gasteiger partial charge in [-0.1, -0.05) is 80.1 Å². The smallest absolute Gasteiger partial charge is 0.000968 e. The van der Waals surface area contributed by atoms with E-state index < -0.39 is 0 Å². The van der Waals surface area contributed by atoms with Gasteiger partial charge in [-0.15, -0.1) is 0 Å². The van der Waals surface area contributed by atoms with Gasteiger partial charge >= 0.3 is 0 Å². The zero-order valence-electron chi connectivity index (χ0n) is 14.5. The van der Waals surface area contributed by atoms with Crippen LogP contribution in [0.5, 0.6) is 0 Å². The fourth-order valence-electron chi connectivity index (χ4n) is 2.96. The van der Waals surface area contributed by atoms with Gasteiger partial charge < -0.3 is 4.90 Å². The molecule has 0 rings (SSSR count). The molecule has 19 heavy (non-hydrogen) atoms. The minimum Gasteiger partial charge on any atom is -0.303 e. The molecule has 0 aromatic rings. The highest BCUT2D eigenvalue weighted by Crippen LogP contribution is 2.18. The summed E-state index contributed by atoms with van der Waals surface area (Å²) in [6.45, 7) is 18.0. The van der Waals surface area contributed by atoms with Crippen molar-refractivity contribution in [1.29, 1.82) is 0 Å². The molecule has 0 amide bonds.